The first-order valence-corrected chi connectivity index (χ1v) is 6.97. The molecule has 8 nitrogen and oxygen atoms in total. The average Bonchev–Trinajstić information content (AvgIpc) is 2.88. The molecule has 1 aliphatic rings. The van der Waals surface area contributed by atoms with Crippen LogP contribution in [-0.2, 0) is 17.9 Å². The van der Waals surface area contributed by atoms with E-state index in [0.717, 1.165) is 10.2 Å². The summed E-state index contributed by atoms with van der Waals surface area (Å²) in [5.74, 6) is -0.219. The Labute approximate surface area is 128 Å². The van der Waals surface area contributed by atoms with E-state index in [1.165, 1.54) is 6.20 Å². The maximum atomic E-state index is 10.7. The van der Waals surface area contributed by atoms with Crippen molar-refractivity contribution in [3.8, 4) is 6.01 Å². The number of ether oxygens (including phenoxy) is 2. The van der Waals surface area contributed by atoms with Crippen LogP contribution in [0, 0.1) is 10.1 Å². The normalized spacial score (nSPS) is 17.1. The topological polar surface area (TPSA) is 92.3 Å². The molecule has 0 radical (unpaired) electrons. The number of aromatic nitrogens is 3. The second-order valence-corrected chi connectivity index (χ2v) is 5.33. The Morgan fingerprint density at radius 2 is 2.48 bits per heavy atom. The standard InChI is InChI=1S/C12H11BrN4O4/c13-10-3-8(1-2-14-10)6-20-9-4-16-5-11(17(18)19)15-12(16)21-7-9/h1-3,5,9H,4,6-7H2. The lowest BCUT2D eigenvalue weighted by atomic mass is 10.3. The highest BCUT2D eigenvalue weighted by atomic mass is 79.9. The molecule has 110 valence electrons. The van der Waals surface area contributed by atoms with Crippen molar-refractivity contribution in [3.63, 3.8) is 0 Å². The van der Waals surface area contributed by atoms with Gasteiger partial charge >= 0.3 is 11.8 Å². The van der Waals surface area contributed by atoms with Crippen molar-refractivity contribution in [1.82, 2.24) is 14.5 Å². The molecule has 0 N–H and O–H groups in total. The first-order chi connectivity index (χ1) is 10.1. The molecule has 0 fully saturated rings. The Hall–Kier alpha value is -2.00. The third-order valence-electron chi connectivity index (χ3n) is 2.99. The minimum Gasteiger partial charge on any atom is -0.443 e. The van der Waals surface area contributed by atoms with Gasteiger partial charge in [-0.05, 0) is 38.5 Å². The van der Waals surface area contributed by atoms with Gasteiger partial charge in [0.05, 0.1) is 13.2 Å². The second kappa shape index (κ2) is 5.78. The van der Waals surface area contributed by atoms with Crippen LogP contribution in [0.15, 0.2) is 29.1 Å². The monoisotopic (exact) mass is 354 g/mol. The van der Waals surface area contributed by atoms with Crippen molar-refractivity contribution in [3.05, 3.63) is 44.8 Å². The van der Waals surface area contributed by atoms with Crippen LogP contribution in [0.3, 0.4) is 0 Å². The van der Waals surface area contributed by atoms with Crippen molar-refractivity contribution < 1.29 is 14.4 Å². The highest BCUT2D eigenvalue weighted by Gasteiger charge is 2.28. The molecule has 3 heterocycles. The minimum atomic E-state index is -0.543. The van der Waals surface area contributed by atoms with Gasteiger partial charge < -0.3 is 19.6 Å². The van der Waals surface area contributed by atoms with E-state index in [0.29, 0.717) is 19.8 Å². The molecule has 2 aromatic heterocycles. The number of fused-ring (bicyclic) bond motifs is 1. The van der Waals surface area contributed by atoms with Gasteiger partial charge in [-0.2, -0.15) is 0 Å². The van der Waals surface area contributed by atoms with E-state index in [2.05, 4.69) is 25.9 Å². The molecule has 1 aliphatic heterocycles. The number of hydrogen-bond acceptors (Lipinski definition) is 6. The molecule has 0 saturated heterocycles. The third-order valence-corrected chi connectivity index (χ3v) is 3.42. The SMILES string of the molecule is O=[N+]([O-])c1cn2c(n1)OCC(OCc1ccnc(Br)c1)C2. The highest BCUT2D eigenvalue weighted by molar-refractivity contribution is 9.10. The summed E-state index contributed by atoms with van der Waals surface area (Å²) in [6.07, 6.45) is 2.86. The number of imidazole rings is 1. The van der Waals surface area contributed by atoms with Gasteiger partial charge in [0.15, 0.2) is 0 Å². The van der Waals surface area contributed by atoms with Gasteiger partial charge in [-0.15, -0.1) is 0 Å². The number of halogens is 1. The predicted octanol–water partition coefficient (Wildman–Crippen LogP) is 1.93. The summed E-state index contributed by atoms with van der Waals surface area (Å²) in [7, 11) is 0. The number of nitrogens with zero attached hydrogens (tertiary/aromatic N) is 4. The van der Waals surface area contributed by atoms with Gasteiger partial charge in [0.2, 0.25) is 0 Å². The average molecular weight is 355 g/mol. The maximum absolute atomic E-state index is 10.7. The van der Waals surface area contributed by atoms with Crippen molar-refractivity contribution in [2.45, 2.75) is 19.3 Å². The van der Waals surface area contributed by atoms with Crippen molar-refractivity contribution in [2.24, 2.45) is 0 Å². The Balaban J connectivity index is 1.62. The van der Waals surface area contributed by atoms with Crippen LogP contribution < -0.4 is 4.74 Å². The molecule has 1 unspecified atom stereocenters. The van der Waals surface area contributed by atoms with Crippen LogP contribution in [0.2, 0.25) is 0 Å². The van der Waals surface area contributed by atoms with E-state index < -0.39 is 4.92 Å². The summed E-state index contributed by atoms with van der Waals surface area (Å²) >= 11 is 3.30. The van der Waals surface area contributed by atoms with E-state index in [9.17, 15) is 10.1 Å². The van der Waals surface area contributed by atoms with Gasteiger partial charge in [-0.1, -0.05) is 0 Å². The molecule has 3 rings (SSSR count). The van der Waals surface area contributed by atoms with E-state index in [-0.39, 0.29) is 17.9 Å². The van der Waals surface area contributed by atoms with Gasteiger partial charge in [0, 0.05) is 11.2 Å². The van der Waals surface area contributed by atoms with Gasteiger partial charge in [0.1, 0.15) is 23.5 Å². The van der Waals surface area contributed by atoms with Crippen LogP contribution in [0.25, 0.3) is 0 Å². The minimum absolute atomic E-state index is 0.182. The van der Waals surface area contributed by atoms with Crippen molar-refractivity contribution in [1.29, 1.82) is 0 Å². The predicted molar refractivity (Wildman–Crippen MR) is 74.9 cm³/mol. The molecule has 0 aliphatic carbocycles. The van der Waals surface area contributed by atoms with E-state index in [1.807, 2.05) is 12.1 Å². The number of pyridine rings is 1. The molecule has 0 bridgehead atoms. The quantitative estimate of drug-likeness (QED) is 0.473. The summed E-state index contributed by atoms with van der Waals surface area (Å²) in [5.41, 5.74) is 0.985. The fourth-order valence-electron chi connectivity index (χ4n) is 2.01. The lowest BCUT2D eigenvalue weighted by Crippen LogP contribution is -2.32. The molecule has 0 spiro atoms. The molecule has 2 aromatic rings. The largest absolute Gasteiger partial charge is 0.443 e. The van der Waals surface area contributed by atoms with E-state index >= 15 is 0 Å². The fourth-order valence-corrected chi connectivity index (χ4v) is 2.42. The lowest BCUT2D eigenvalue weighted by molar-refractivity contribution is -0.389. The van der Waals surface area contributed by atoms with Gasteiger partial charge in [0.25, 0.3) is 0 Å². The van der Waals surface area contributed by atoms with Crippen LogP contribution >= 0.6 is 15.9 Å². The zero-order valence-electron chi connectivity index (χ0n) is 10.8. The first kappa shape index (κ1) is 14.0. The van der Waals surface area contributed by atoms with Crippen LogP contribution in [-0.4, -0.2) is 32.2 Å². The number of hydrogen-bond donors (Lipinski definition) is 0. The maximum Gasteiger partial charge on any atom is 0.414 e. The second-order valence-electron chi connectivity index (χ2n) is 4.52. The van der Waals surface area contributed by atoms with Gasteiger partial charge in [-0.3, -0.25) is 4.57 Å². The van der Waals surface area contributed by atoms with E-state index in [4.69, 9.17) is 9.47 Å². The zero-order valence-corrected chi connectivity index (χ0v) is 12.4. The Morgan fingerprint density at radius 3 is 3.24 bits per heavy atom. The summed E-state index contributed by atoms with van der Waals surface area (Å²) in [5, 5.41) is 10.7. The summed E-state index contributed by atoms with van der Waals surface area (Å²) in [6, 6.07) is 3.99. The highest BCUT2D eigenvalue weighted by Crippen LogP contribution is 2.22. The molecular weight excluding hydrogens is 344 g/mol. The molecule has 0 saturated carbocycles. The third kappa shape index (κ3) is 3.19. The molecule has 0 amide bonds. The van der Waals surface area contributed by atoms with E-state index in [1.54, 1.807) is 10.8 Å². The lowest BCUT2D eigenvalue weighted by Gasteiger charge is -2.22. The Kier molecular flexibility index (Phi) is 3.84. The fraction of sp³-hybridized carbons (Fsp3) is 0.333. The first-order valence-electron chi connectivity index (χ1n) is 6.18. The van der Waals surface area contributed by atoms with Crippen molar-refractivity contribution >= 4 is 21.7 Å². The molecule has 1 atom stereocenters. The molecule has 9 heteroatoms. The molecular formula is C12H11BrN4O4. The number of nitro groups is 1. The van der Waals surface area contributed by atoms with Crippen molar-refractivity contribution in [2.75, 3.05) is 6.61 Å². The van der Waals surface area contributed by atoms with Crippen LogP contribution in [0.5, 0.6) is 6.01 Å². The number of rotatable bonds is 4. The van der Waals surface area contributed by atoms with Crippen LogP contribution in [0.1, 0.15) is 5.56 Å². The van der Waals surface area contributed by atoms with Gasteiger partial charge in [-0.25, -0.2) is 4.98 Å². The zero-order chi connectivity index (χ0) is 14.8. The summed E-state index contributed by atoms with van der Waals surface area (Å²) < 4.78 is 13.5. The summed E-state index contributed by atoms with van der Waals surface area (Å²) in [6.45, 7) is 1.21. The molecule has 0 aromatic carbocycles. The molecule has 21 heavy (non-hydrogen) atoms. The van der Waals surface area contributed by atoms with Crippen LogP contribution in [0.4, 0.5) is 5.82 Å². The smallest absolute Gasteiger partial charge is 0.414 e. The Bertz CT molecular complexity index is 675. The Morgan fingerprint density at radius 1 is 1.62 bits per heavy atom. The summed E-state index contributed by atoms with van der Waals surface area (Å²) in [4.78, 5) is 18.0.